The quantitative estimate of drug-likeness (QED) is 0.795. The molecule has 5 heteroatoms. The van der Waals surface area contributed by atoms with Crippen LogP contribution in [-0.4, -0.2) is 21.3 Å². The standard InChI is InChI=1S/C11H14ClNO2S/c1-2-3-4-9(11(14)15)16-10-6-5-8(12)7-13-10/h5-7,9H,2-4H2,1H3,(H,14,15). The van der Waals surface area contributed by atoms with Crippen LogP contribution < -0.4 is 0 Å². The van der Waals surface area contributed by atoms with Crippen molar-refractivity contribution in [1.82, 2.24) is 4.98 Å². The van der Waals surface area contributed by atoms with Gasteiger partial charge in [-0.3, -0.25) is 4.79 Å². The number of halogens is 1. The molecule has 0 aliphatic carbocycles. The number of thioether (sulfide) groups is 1. The summed E-state index contributed by atoms with van der Waals surface area (Å²) in [6.07, 6.45) is 4.11. The van der Waals surface area contributed by atoms with E-state index in [0.29, 0.717) is 16.5 Å². The smallest absolute Gasteiger partial charge is 0.317 e. The molecule has 88 valence electrons. The normalized spacial score (nSPS) is 12.4. The van der Waals surface area contributed by atoms with Gasteiger partial charge in [0.25, 0.3) is 0 Å². The maximum atomic E-state index is 11.0. The third-order valence-corrected chi connectivity index (χ3v) is 3.49. The fourth-order valence-electron chi connectivity index (χ4n) is 1.20. The summed E-state index contributed by atoms with van der Waals surface area (Å²) in [6, 6.07) is 3.46. The molecule has 0 bridgehead atoms. The largest absolute Gasteiger partial charge is 0.480 e. The summed E-state index contributed by atoms with van der Waals surface area (Å²) in [5.74, 6) is -0.782. The first-order chi connectivity index (χ1) is 7.63. The van der Waals surface area contributed by atoms with Gasteiger partial charge >= 0.3 is 5.97 Å². The molecule has 16 heavy (non-hydrogen) atoms. The third-order valence-electron chi connectivity index (χ3n) is 2.06. The fourth-order valence-corrected chi connectivity index (χ4v) is 2.25. The molecule has 1 aromatic rings. The van der Waals surface area contributed by atoms with Gasteiger partial charge in [0.05, 0.1) is 10.0 Å². The highest BCUT2D eigenvalue weighted by atomic mass is 35.5. The average molecular weight is 260 g/mol. The Morgan fingerprint density at radius 2 is 2.38 bits per heavy atom. The van der Waals surface area contributed by atoms with Crippen LogP contribution in [0.3, 0.4) is 0 Å². The van der Waals surface area contributed by atoms with Crippen molar-refractivity contribution in [2.24, 2.45) is 0 Å². The van der Waals surface area contributed by atoms with Crippen LogP contribution in [0, 0.1) is 0 Å². The van der Waals surface area contributed by atoms with E-state index in [-0.39, 0.29) is 0 Å². The number of carboxylic acids is 1. The molecule has 0 aromatic carbocycles. The molecule has 0 amide bonds. The second-order valence-corrected chi connectivity index (χ2v) is 5.06. The van der Waals surface area contributed by atoms with Gasteiger partial charge in [-0.2, -0.15) is 0 Å². The van der Waals surface area contributed by atoms with Gasteiger partial charge in [0.15, 0.2) is 0 Å². The SMILES string of the molecule is CCCCC(Sc1ccc(Cl)cn1)C(=O)O. The van der Waals surface area contributed by atoms with Gasteiger partial charge in [0.2, 0.25) is 0 Å². The van der Waals surface area contributed by atoms with Gasteiger partial charge in [-0.15, -0.1) is 0 Å². The Morgan fingerprint density at radius 3 is 2.88 bits per heavy atom. The number of hydrogen-bond acceptors (Lipinski definition) is 3. The van der Waals surface area contributed by atoms with Crippen molar-refractivity contribution in [3.05, 3.63) is 23.4 Å². The number of carboxylic acid groups (broad SMARTS) is 1. The Labute approximate surface area is 104 Å². The number of rotatable bonds is 6. The van der Waals surface area contributed by atoms with Crippen LogP contribution in [0.25, 0.3) is 0 Å². The number of unbranched alkanes of at least 4 members (excludes halogenated alkanes) is 1. The van der Waals surface area contributed by atoms with Gasteiger partial charge in [0.1, 0.15) is 5.25 Å². The second kappa shape index (κ2) is 6.76. The number of aromatic nitrogens is 1. The molecule has 1 atom stereocenters. The van der Waals surface area contributed by atoms with Crippen LogP contribution in [0.15, 0.2) is 23.4 Å². The minimum atomic E-state index is -0.782. The number of nitrogens with zero attached hydrogens (tertiary/aromatic N) is 1. The molecule has 0 aliphatic rings. The molecule has 1 unspecified atom stereocenters. The molecule has 0 saturated carbocycles. The molecule has 0 aliphatic heterocycles. The summed E-state index contributed by atoms with van der Waals surface area (Å²) < 4.78 is 0. The molecular weight excluding hydrogens is 246 g/mol. The lowest BCUT2D eigenvalue weighted by Gasteiger charge is -2.10. The minimum Gasteiger partial charge on any atom is -0.480 e. The molecule has 0 radical (unpaired) electrons. The highest BCUT2D eigenvalue weighted by Crippen LogP contribution is 2.25. The van der Waals surface area contributed by atoms with Gasteiger partial charge in [0, 0.05) is 6.20 Å². The van der Waals surface area contributed by atoms with Crippen molar-refractivity contribution in [3.8, 4) is 0 Å². The zero-order chi connectivity index (χ0) is 12.0. The van der Waals surface area contributed by atoms with Crippen LogP contribution in [0.5, 0.6) is 0 Å². The van der Waals surface area contributed by atoms with Crippen LogP contribution >= 0.6 is 23.4 Å². The van der Waals surface area contributed by atoms with Gasteiger partial charge in [-0.25, -0.2) is 4.98 Å². The van der Waals surface area contributed by atoms with E-state index in [0.717, 1.165) is 12.8 Å². The molecule has 1 heterocycles. The highest BCUT2D eigenvalue weighted by Gasteiger charge is 2.18. The van der Waals surface area contributed by atoms with Crippen LogP contribution in [0.4, 0.5) is 0 Å². The van der Waals surface area contributed by atoms with Crippen molar-refractivity contribution < 1.29 is 9.90 Å². The topological polar surface area (TPSA) is 50.2 Å². The molecule has 0 spiro atoms. The Morgan fingerprint density at radius 1 is 1.62 bits per heavy atom. The number of aliphatic carboxylic acids is 1. The van der Waals surface area contributed by atoms with Gasteiger partial charge in [-0.05, 0) is 18.6 Å². The lowest BCUT2D eigenvalue weighted by molar-refractivity contribution is -0.136. The summed E-state index contributed by atoms with van der Waals surface area (Å²) in [7, 11) is 0. The van der Waals surface area contributed by atoms with Gasteiger partial charge < -0.3 is 5.11 Å². The molecule has 1 aromatic heterocycles. The lowest BCUT2D eigenvalue weighted by Crippen LogP contribution is -2.16. The van der Waals surface area contributed by atoms with E-state index in [1.54, 1.807) is 12.1 Å². The fraction of sp³-hybridized carbons (Fsp3) is 0.455. The number of hydrogen-bond donors (Lipinski definition) is 1. The Hall–Kier alpha value is -0.740. The van der Waals surface area contributed by atoms with Gasteiger partial charge in [-0.1, -0.05) is 43.1 Å². The third kappa shape index (κ3) is 4.41. The van der Waals surface area contributed by atoms with E-state index in [1.807, 2.05) is 6.92 Å². The Kier molecular flexibility index (Phi) is 5.63. The molecule has 1 N–H and O–H groups in total. The first-order valence-corrected chi connectivity index (χ1v) is 6.40. The van der Waals surface area contributed by atoms with E-state index >= 15 is 0 Å². The van der Waals surface area contributed by atoms with Crippen molar-refractivity contribution in [1.29, 1.82) is 0 Å². The maximum Gasteiger partial charge on any atom is 0.317 e. The molecule has 1 rings (SSSR count). The van der Waals surface area contributed by atoms with Crippen LogP contribution in [0.2, 0.25) is 5.02 Å². The maximum absolute atomic E-state index is 11.0. The highest BCUT2D eigenvalue weighted by molar-refractivity contribution is 8.00. The predicted molar refractivity (Wildman–Crippen MR) is 66.1 cm³/mol. The Bertz CT molecular complexity index is 342. The molecule has 0 fully saturated rings. The Balaban J connectivity index is 2.60. The summed E-state index contributed by atoms with van der Waals surface area (Å²) >= 11 is 6.98. The molecule has 0 saturated heterocycles. The van der Waals surface area contributed by atoms with E-state index in [2.05, 4.69) is 4.98 Å². The van der Waals surface area contributed by atoms with E-state index in [4.69, 9.17) is 16.7 Å². The summed E-state index contributed by atoms with van der Waals surface area (Å²) in [5, 5.41) is 9.88. The minimum absolute atomic E-state index is 0.423. The summed E-state index contributed by atoms with van der Waals surface area (Å²) in [6.45, 7) is 2.05. The second-order valence-electron chi connectivity index (χ2n) is 3.40. The first-order valence-electron chi connectivity index (χ1n) is 5.14. The molecule has 3 nitrogen and oxygen atoms in total. The van der Waals surface area contributed by atoms with Crippen molar-refractivity contribution >= 4 is 29.3 Å². The summed E-state index contributed by atoms with van der Waals surface area (Å²) in [5.41, 5.74) is 0. The van der Waals surface area contributed by atoms with Crippen LogP contribution in [-0.2, 0) is 4.79 Å². The number of carbonyl (C=O) groups is 1. The number of pyridine rings is 1. The van der Waals surface area contributed by atoms with Crippen molar-refractivity contribution in [3.63, 3.8) is 0 Å². The van der Waals surface area contributed by atoms with Crippen LogP contribution in [0.1, 0.15) is 26.2 Å². The first kappa shape index (κ1) is 13.3. The predicted octanol–water partition coefficient (Wildman–Crippen LogP) is 3.47. The van der Waals surface area contributed by atoms with Crippen molar-refractivity contribution in [2.45, 2.75) is 36.5 Å². The van der Waals surface area contributed by atoms with E-state index < -0.39 is 11.2 Å². The van der Waals surface area contributed by atoms with E-state index in [9.17, 15) is 4.79 Å². The zero-order valence-electron chi connectivity index (χ0n) is 9.02. The zero-order valence-corrected chi connectivity index (χ0v) is 10.6. The summed E-state index contributed by atoms with van der Waals surface area (Å²) in [4.78, 5) is 15.1. The lowest BCUT2D eigenvalue weighted by atomic mass is 10.2. The van der Waals surface area contributed by atoms with Crippen molar-refractivity contribution in [2.75, 3.05) is 0 Å². The monoisotopic (exact) mass is 259 g/mol. The average Bonchev–Trinajstić information content (AvgIpc) is 2.26. The molecular formula is C11H14ClNO2S. The van der Waals surface area contributed by atoms with E-state index in [1.165, 1.54) is 18.0 Å².